The van der Waals surface area contributed by atoms with Crippen LogP contribution in [-0.2, 0) is 11.8 Å². The second-order valence-corrected chi connectivity index (χ2v) is 9.49. The number of rotatable bonds is 3. The Kier molecular flexibility index (Phi) is 6.75. The maximum atomic E-state index is 2.45. The summed E-state index contributed by atoms with van der Waals surface area (Å²) in [5.41, 5.74) is 7.33. The van der Waals surface area contributed by atoms with Crippen molar-refractivity contribution in [2.24, 2.45) is 5.41 Å². The Bertz CT molecular complexity index is 936. The van der Waals surface area contributed by atoms with E-state index >= 15 is 0 Å². The molecule has 3 aromatic carbocycles. The summed E-state index contributed by atoms with van der Waals surface area (Å²) in [6.45, 7) is 20.2. The predicted molar refractivity (Wildman–Crippen MR) is 126 cm³/mol. The van der Waals surface area contributed by atoms with Crippen LogP contribution < -0.4 is 0 Å². The molecule has 0 N–H and O–H groups in total. The van der Waals surface area contributed by atoms with Crippen LogP contribution in [0.4, 0.5) is 0 Å². The minimum Gasteiger partial charge on any atom is -0.0683 e. The standard InChI is InChI=1S/C26H32.C2H6/c1-18-12-14-20(17-25(3,4)5)16-23(18)26(6,7)24-19(2)13-15-21-10-8-9-11-22(21)24;1-2/h8-16H,17H2,1-7H3;1-2H3. The SMILES string of the molecule is CC.Cc1ccc(CC(C)(C)C)cc1C(C)(C)c1c(C)ccc2ccccc12. The maximum absolute atomic E-state index is 2.45. The molecule has 150 valence electrons. The lowest BCUT2D eigenvalue weighted by atomic mass is 9.72. The van der Waals surface area contributed by atoms with E-state index in [1.807, 2.05) is 13.8 Å². The predicted octanol–water partition coefficient (Wildman–Crippen LogP) is 8.40. The minimum absolute atomic E-state index is 0.0388. The lowest BCUT2D eigenvalue weighted by molar-refractivity contribution is 0.411. The van der Waals surface area contributed by atoms with E-state index in [0.29, 0.717) is 5.41 Å². The van der Waals surface area contributed by atoms with Gasteiger partial charge in [-0.2, -0.15) is 0 Å². The highest BCUT2D eigenvalue weighted by atomic mass is 14.3. The Morgan fingerprint density at radius 1 is 0.714 bits per heavy atom. The van der Waals surface area contributed by atoms with Gasteiger partial charge < -0.3 is 0 Å². The molecular formula is C28H38. The number of aryl methyl sites for hydroxylation is 2. The van der Waals surface area contributed by atoms with Gasteiger partial charge >= 0.3 is 0 Å². The van der Waals surface area contributed by atoms with E-state index in [1.165, 1.54) is 38.6 Å². The van der Waals surface area contributed by atoms with Gasteiger partial charge in [0.2, 0.25) is 0 Å². The Labute approximate surface area is 173 Å². The van der Waals surface area contributed by atoms with Crippen LogP contribution in [0.1, 0.15) is 76.3 Å². The number of fused-ring (bicyclic) bond motifs is 1. The molecule has 0 saturated carbocycles. The molecule has 0 unspecified atom stereocenters. The molecule has 0 radical (unpaired) electrons. The molecule has 0 amide bonds. The fourth-order valence-corrected chi connectivity index (χ4v) is 4.41. The van der Waals surface area contributed by atoms with Crippen molar-refractivity contribution in [1.82, 2.24) is 0 Å². The first kappa shape index (κ1) is 22.2. The molecule has 0 aromatic heterocycles. The van der Waals surface area contributed by atoms with Crippen molar-refractivity contribution in [3.63, 3.8) is 0 Å². The summed E-state index contributed by atoms with van der Waals surface area (Å²) >= 11 is 0. The number of benzene rings is 3. The quantitative estimate of drug-likeness (QED) is 0.431. The first-order valence-electron chi connectivity index (χ1n) is 10.7. The van der Waals surface area contributed by atoms with Crippen molar-refractivity contribution in [1.29, 1.82) is 0 Å². The summed E-state index contributed by atoms with van der Waals surface area (Å²) < 4.78 is 0. The zero-order valence-electron chi connectivity index (χ0n) is 19.4. The highest BCUT2D eigenvalue weighted by Gasteiger charge is 2.29. The zero-order chi connectivity index (χ0) is 21.1. The lowest BCUT2D eigenvalue weighted by Crippen LogP contribution is -2.23. The number of hydrogen-bond acceptors (Lipinski definition) is 0. The van der Waals surface area contributed by atoms with Crippen LogP contribution >= 0.6 is 0 Å². The summed E-state index contributed by atoms with van der Waals surface area (Å²) in [7, 11) is 0. The summed E-state index contributed by atoms with van der Waals surface area (Å²) in [6.07, 6.45) is 1.10. The van der Waals surface area contributed by atoms with E-state index in [4.69, 9.17) is 0 Å². The average molecular weight is 375 g/mol. The van der Waals surface area contributed by atoms with Gasteiger partial charge in [0.05, 0.1) is 0 Å². The second kappa shape index (κ2) is 8.52. The third kappa shape index (κ3) is 4.66. The van der Waals surface area contributed by atoms with Gasteiger partial charge in [-0.15, -0.1) is 0 Å². The van der Waals surface area contributed by atoms with Gasteiger partial charge in [0.25, 0.3) is 0 Å². The van der Waals surface area contributed by atoms with E-state index < -0.39 is 0 Å². The van der Waals surface area contributed by atoms with Gasteiger partial charge in [0.15, 0.2) is 0 Å². The maximum Gasteiger partial charge on any atom is 0.0158 e. The molecule has 0 heterocycles. The summed E-state index contributed by atoms with van der Waals surface area (Å²) in [4.78, 5) is 0. The molecule has 0 heteroatoms. The van der Waals surface area contributed by atoms with Crippen molar-refractivity contribution in [3.8, 4) is 0 Å². The van der Waals surface area contributed by atoms with Crippen molar-refractivity contribution >= 4 is 10.8 Å². The molecule has 3 aromatic rings. The van der Waals surface area contributed by atoms with Crippen molar-refractivity contribution < 1.29 is 0 Å². The van der Waals surface area contributed by atoms with Crippen molar-refractivity contribution in [2.45, 2.75) is 74.1 Å². The van der Waals surface area contributed by atoms with Gasteiger partial charge in [-0.25, -0.2) is 0 Å². The van der Waals surface area contributed by atoms with E-state index in [-0.39, 0.29) is 5.41 Å². The van der Waals surface area contributed by atoms with Gasteiger partial charge in [0.1, 0.15) is 0 Å². The van der Waals surface area contributed by atoms with E-state index in [2.05, 4.69) is 103 Å². The highest BCUT2D eigenvalue weighted by molar-refractivity contribution is 5.88. The smallest absolute Gasteiger partial charge is 0.0158 e. The van der Waals surface area contributed by atoms with Crippen molar-refractivity contribution in [2.75, 3.05) is 0 Å². The van der Waals surface area contributed by atoms with Gasteiger partial charge in [0, 0.05) is 5.41 Å². The Morgan fingerprint density at radius 2 is 1.32 bits per heavy atom. The van der Waals surface area contributed by atoms with Crippen LogP contribution in [0.25, 0.3) is 10.8 Å². The Morgan fingerprint density at radius 3 is 1.96 bits per heavy atom. The molecule has 0 fully saturated rings. The second-order valence-electron chi connectivity index (χ2n) is 9.49. The highest BCUT2D eigenvalue weighted by Crippen LogP contribution is 2.40. The van der Waals surface area contributed by atoms with E-state index in [0.717, 1.165) is 6.42 Å². The minimum atomic E-state index is -0.0388. The van der Waals surface area contributed by atoms with Crippen LogP contribution in [0.15, 0.2) is 54.6 Å². The monoisotopic (exact) mass is 374 g/mol. The topological polar surface area (TPSA) is 0 Å². The first-order chi connectivity index (χ1) is 13.1. The van der Waals surface area contributed by atoms with Gasteiger partial charge in [-0.1, -0.05) is 103 Å². The molecule has 0 saturated heterocycles. The molecule has 0 atom stereocenters. The average Bonchev–Trinajstić information content (AvgIpc) is 2.63. The zero-order valence-corrected chi connectivity index (χ0v) is 19.4. The molecule has 0 nitrogen and oxygen atoms in total. The molecule has 0 aliphatic carbocycles. The molecule has 3 rings (SSSR count). The van der Waals surface area contributed by atoms with Gasteiger partial charge in [-0.3, -0.25) is 0 Å². The molecule has 0 bridgehead atoms. The molecular weight excluding hydrogens is 336 g/mol. The lowest BCUT2D eigenvalue weighted by Gasteiger charge is -2.32. The summed E-state index contributed by atoms with van der Waals surface area (Å²) in [5.74, 6) is 0. The summed E-state index contributed by atoms with van der Waals surface area (Å²) in [6, 6.07) is 20.3. The fraction of sp³-hybridized carbons (Fsp3) is 0.429. The van der Waals surface area contributed by atoms with Gasteiger partial charge in [-0.05, 0) is 64.3 Å². The number of hydrogen-bond donors (Lipinski definition) is 0. The van der Waals surface area contributed by atoms with Crippen LogP contribution in [0.5, 0.6) is 0 Å². The Balaban J connectivity index is 0.00000136. The van der Waals surface area contributed by atoms with Crippen molar-refractivity contribution in [3.05, 3.63) is 82.4 Å². The molecule has 0 spiro atoms. The first-order valence-corrected chi connectivity index (χ1v) is 10.7. The van der Waals surface area contributed by atoms with Crippen LogP contribution in [0, 0.1) is 19.3 Å². The summed E-state index contributed by atoms with van der Waals surface area (Å²) in [5, 5.41) is 2.70. The van der Waals surface area contributed by atoms with E-state index in [9.17, 15) is 0 Å². The van der Waals surface area contributed by atoms with E-state index in [1.54, 1.807) is 0 Å². The fourth-order valence-electron chi connectivity index (χ4n) is 4.41. The largest absolute Gasteiger partial charge is 0.0683 e. The van der Waals surface area contributed by atoms with Crippen LogP contribution in [0.2, 0.25) is 0 Å². The molecule has 0 aliphatic rings. The Hall–Kier alpha value is -2.08. The molecule has 28 heavy (non-hydrogen) atoms. The van der Waals surface area contributed by atoms with Crippen LogP contribution in [-0.4, -0.2) is 0 Å². The normalized spacial score (nSPS) is 11.9. The van der Waals surface area contributed by atoms with Crippen LogP contribution in [0.3, 0.4) is 0 Å². The third-order valence-electron chi connectivity index (χ3n) is 5.47. The molecule has 0 aliphatic heterocycles. The third-order valence-corrected chi connectivity index (χ3v) is 5.47.